The largest absolute Gasteiger partial charge is 0.482 e. The van der Waals surface area contributed by atoms with Crippen molar-refractivity contribution in [3.05, 3.63) is 53.8 Å². The molecule has 7 nitrogen and oxygen atoms in total. The zero-order chi connectivity index (χ0) is 20.2. The second-order valence-electron chi connectivity index (χ2n) is 7.32. The lowest BCUT2D eigenvalue weighted by Gasteiger charge is -2.32. The Morgan fingerprint density at radius 1 is 1.17 bits per heavy atom. The molecule has 0 atom stereocenters. The van der Waals surface area contributed by atoms with Gasteiger partial charge in [0.1, 0.15) is 11.6 Å². The van der Waals surface area contributed by atoms with E-state index in [-0.39, 0.29) is 30.4 Å². The van der Waals surface area contributed by atoms with E-state index in [9.17, 15) is 14.0 Å². The van der Waals surface area contributed by atoms with Gasteiger partial charge in [0.15, 0.2) is 6.61 Å². The molecule has 0 unspecified atom stereocenters. The number of likely N-dealkylation sites (tertiary alicyclic amines) is 1. The molecule has 0 aliphatic carbocycles. The van der Waals surface area contributed by atoms with Gasteiger partial charge in [-0.3, -0.25) is 9.69 Å². The van der Waals surface area contributed by atoms with E-state index in [1.165, 1.54) is 12.1 Å². The molecule has 0 bridgehead atoms. The van der Waals surface area contributed by atoms with Crippen LogP contribution in [-0.2, 0) is 11.3 Å². The van der Waals surface area contributed by atoms with Gasteiger partial charge in [0.05, 0.1) is 5.69 Å². The molecule has 0 radical (unpaired) electrons. The summed E-state index contributed by atoms with van der Waals surface area (Å²) in [5, 5.41) is 8.54. The van der Waals surface area contributed by atoms with Crippen LogP contribution in [0.5, 0.6) is 5.75 Å². The van der Waals surface area contributed by atoms with Gasteiger partial charge in [0.25, 0.3) is 5.91 Å². The van der Waals surface area contributed by atoms with Crippen molar-refractivity contribution in [3.8, 4) is 5.75 Å². The second-order valence-corrected chi connectivity index (χ2v) is 7.32. The summed E-state index contributed by atoms with van der Waals surface area (Å²) in [5.41, 5.74) is 2.29. The van der Waals surface area contributed by atoms with Crippen molar-refractivity contribution in [3.63, 3.8) is 0 Å². The van der Waals surface area contributed by atoms with Crippen molar-refractivity contribution in [1.29, 1.82) is 0 Å². The molecule has 2 aliphatic heterocycles. The Balaban J connectivity index is 1.24. The molecule has 2 heterocycles. The summed E-state index contributed by atoms with van der Waals surface area (Å²) >= 11 is 0. The second kappa shape index (κ2) is 8.48. The maximum atomic E-state index is 13.0. The van der Waals surface area contributed by atoms with Gasteiger partial charge in [0.2, 0.25) is 0 Å². The van der Waals surface area contributed by atoms with Crippen molar-refractivity contribution in [2.75, 3.05) is 30.3 Å². The van der Waals surface area contributed by atoms with Gasteiger partial charge in [-0.1, -0.05) is 12.1 Å². The summed E-state index contributed by atoms with van der Waals surface area (Å²) < 4.78 is 18.4. The molecule has 1 fully saturated rings. The number of benzene rings is 2. The van der Waals surface area contributed by atoms with Gasteiger partial charge in [-0.05, 0) is 42.7 Å². The predicted molar refractivity (Wildman–Crippen MR) is 107 cm³/mol. The monoisotopic (exact) mass is 398 g/mol. The molecule has 0 saturated carbocycles. The Morgan fingerprint density at radius 2 is 1.93 bits per heavy atom. The standard InChI is InChI=1S/C21H23FN4O3/c22-15-3-1-14(2-4-15)12-26-9-7-16(8-10-26)23-21(28)24-17-5-6-18-19(11-17)29-13-20(27)25-18/h1-6,11,16H,7-10,12-13H2,(H,25,27)(H2,23,24,28). The SMILES string of the molecule is O=C1COc2cc(NC(=O)NC3CCN(Cc4ccc(F)cc4)CC3)ccc2N1. The molecule has 1 saturated heterocycles. The number of carbonyl (C=O) groups is 2. The highest BCUT2D eigenvalue weighted by Crippen LogP contribution is 2.30. The lowest BCUT2D eigenvalue weighted by Crippen LogP contribution is -2.45. The van der Waals surface area contributed by atoms with Gasteiger partial charge >= 0.3 is 6.03 Å². The number of hydrogen-bond acceptors (Lipinski definition) is 4. The van der Waals surface area contributed by atoms with Crippen LogP contribution in [0, 0.1) is 5.82 Å². The third-order valence-electron chi connectivity index (χ3n) is 5.11. The molecular formula is C21H23FN4O3. The van der Waals surface area contributed by atoms with E-state index in [1.807, 2.05) is 0 Å². The van der Waals surface area contributed by atoms with Gasteiger partial charge in [-0.25, -0.2) is 9.18 Å². The smallest absolute Gasteiger partial charge is 0.319 e. The third kappa shape index (κ3) is 5.03. The molecule has 2 aromatic rings. The summed E-state index contributed by atoms with van der Waals surface area (Å²) in [6.07, 6.45) is 1.71. The normalized spacial score (nSPS) is 17.1. The minimum absolute atomic E-state index is 0.0286. The van der Waals surface area contributed by atoms with Crippen LogP contribution in [0.15, 0.2) is 42.5 Å². The maximum absolute atomic E-state index is 13.0. The van der Waals surface area contributed by atoms with Crippen LogP contribution >= 0.6 is 0 Å². The lowest BCUT2D eigenvalue weighted by molar-refractivity contribution is -0.118. The summed E-state index contributed by atoms with van der Waals surface area (Å²) in [6, 6.07) is 11.5. The average Bonchev–Trinajstić information content (AvgIpc) is 2.71. The fourth-order valence-electron chi connectivity index (χ4n) is 3.59. The van der Waals surface area contributed by atoms with Crippen LogP contribution in [0.25, 0.3) is 0 Å². The van der Waals surface area contributed by atoms with Crippen LogP contribution in [0.3, 0.4) is 0 Å². The molecule has 0 aromatic heterocycles. The fourth-order valence-corrected chi connectivity index (χ4v) is 3.59. The first-order valence-corrected chi connectivity index (χ1v) is 9.66. The highest BCUT2D eigenvalue weighted by molar-refractivity contribution is 5.96. The van der Waals surface area contributed by atoms with Crippen molar-refractivity contribution in [1.82, 2.24) is 10.2 Å². The minimum Gasteiger partial charge on any atom is -0.482 e. The molecule has 4 rings (SSSR count). The van der Waals surface area contributed by atoms with E-state index in [0.717, 1.165) is 38.0 Å². The number of carbonyl (C=O) groups excluding carboxylic acids is 2. The molecule has 152 valence electrons. The third-order valence-corrected chi connectivity index (χ3v) is 5.11. The number of anilines is 2. The molecule has 2 aromatic carbocycles. The number of ether oxygens (including phenoxy) is 1. The zero-order valence-corrected chi connectivity index (χ0v) is 15.9. The first-order valence-electron chi connectivity index (χ1n) is 9.66. The predicted octanol–water partition coefficient (Wildman–Crippen LogP) is 2.94. The van der Waals surface area contributed by atoms with Gasteiger partial charge in [-0.15, -0.1) is 0 Å². The molecule has 8 heteroatoms. The molecular weight excluding hydrogens is 375 g/mol. The zero-order valence-electron chi connectivity index (χ0n) is 15.9. The number of halogens is 1. The lowest BCUT2D eigenvalue weighted by atomic mass is 10.0. The maximum Gasteiger partial charge on any atom is 0.319 e. The number of hydrogen-bond donors (Lipinski definition) is 3. The quantitative estimate of drug-likeness (QED) is 0.740. The Kier molecular flexibility index (Phi) is 5.62. The first-order chi connectivity index (χ1) is 14.0. The van der Waals surface area contributed by atoms with Gasteiger partial charge in [-0.2, -0.15) is 0 Å². The molecule has 2 aliphatic rings. The van der Waals surface area contributed by atoms with E-state index >= 15 is 0 Å². The van der Waals surface area contributed by atoms with E-state index < -0.39 is 0 Å². The van der Waals surface area contributed by atoms with Crippen LogP contribution in [-0.4, -0.2) is 42.6 Å². The minimum atomic E-state index is -0.262. The topological polar surface area (TPSA) is 82.7 Å². The van der Waals surface area contributed by atoms with Crippen LogP contribution in [0.4, 0.5) is 20.6 Å². The van der Waals surface area contributed by atoms with Crippen LogP contribution in [0.1, 0.15) is 18.4 Å². The number of fused-ring (bicyclic) bond motifs is 1. The molecule has 3 amide bonds. The number of nitrogens with zero attached hydrogens (tertiary/aromatic N) is 1. The number of rotatable bonds is 4. The highest BCUT2D eigenvalue weighted by Gasteiger charge is 2.21. The Hall–Kier alpha value is -3.13. The number of amides is 3. The summed E-state index contributed by atoms with van der Waals surface area (Å²) in [7, 11) is 0. The van der Waals surface area contributed by atoms with Crippen molar-refractivity contribution in [2.45, 2.75) is 25.4 Å². The number of piperidine rings is 1. The summed E-state index contributed by atoms with van der Waals surface area (Å²) in [4.78, 5) is 25.9. The molecule has 29 heavy (non-hydrogen) atoms. The van der Waals surface area contributed by atoms with E-state index in [1.54, 1.807) is 30.3 Å². The fraction of sp³-hybridized carbons (Fsp3) is 0.333. The Bertz CT molecular complexity index is 895. The van der Waals surface area contributed by atoms with Gasteiger partial charge < -0.3 is 20.7 Å². The number of nitrogens with one attached hydrogen (secondary N) is 3. The van der Waals surface area contributed by atoms with Crippen LogP contribution < -0.4 is 20.7 Å². The summed E-state index contributed by atoms with van der Waals surface area (Å²) in [5.74, 6) is 0.121. The number of urea groups is 1. The van der Waals surface area contributed by atoms with E-state index in [4.69, 9.17) is 4.74 Å². The van der Waals surface area contributed by atoms with E-state index in [2.05, 4.69) is 20.9 Å². The average molecular weight is 398 g/mol. The highest BCUT2D eigenvalue weighted by atomic mass is 19.1. The van der Waals surface area contributed by atoms with E-state index in [0.29, 0.717) is 17.1 Å². The summed E-state index contributed by atoms with van der Waals surface area (Å²) in [6.45, 7) is 2.49. The first kappa shape index (κ1) is 19.2. The van der Waals surface area contributed by atoms with Crippen molar-refractivity contribution in [2.24, 2.45) is 0 Å². The molecule has 3 N–H and O–H groups in total. The van der Waals surface area contributed by atoms with Crippen molar-refractivity contribution < 1.29 is 18.7 Å². The molecule has 0 spiro atoms. The Labute approximate surface area is 168 Å². The van der Waals surface area contributed by atoms with Gasteiger partial charge in [0, 0.05) is 37.4 Å². The van der Waals surface area contributed by atoms with Crippen LogP contribution in [0.2, 0.25) is 0 Å². The Morgan fingerprint density at radius 3 is 2.69 bits per heavy atom. The van der Waals surface area contributed by atoms with Crippen molar-refractivity contribution >= 4 is 23.3 Å².